The van der Waals surface area contributed by atoms with Crippen LogP contribution in [0.1, 0.15) is 25.5 Å². The number of hydrogen-bond donors (Lipinski definition) is 0. The quantitative estimate of drug-likeness (QED) is 0.557. The predicted octanol–water partition coefficient (Wildman–Crippen LogP) is 0.904. The molecule has 0 aliphatic heterocycles. The van der Waals surface area contributed by atoms with Crippen molar-refractivity contribution in [3.63, 3.8) is 0 Å². The van der Waals surface area contributed by atoms with E-state index >= 15 is 0 Å². The molecule has 1 aromatic heterocycles. The van der Waals surface area contributed by atoms with E-state index in [9.17, 15) is 9.59 Å². The Bertz CT molecular complexity index is 468. The van der Waals surface area contributed by atoms with Gasteiger partial charge in [-0.15, -0.1) is 0 Å². The van der Waals surface area contributed by atoms with Crippen LogP contribution in [0.5, 0.6) is 6.01 Å². The van der Waals surface area contributed by atoms with Gasteiger partial charge in [-0.25, -0.2) is 4.98 Å². The minimum atomic E-state index is -0.463. The van der Waals surface area contributed by atoms with Crippen LogP contribution in [0.2, 0.25) is 0 Å². The monoisotopic (exact) mass is 254 g/mol. The molecule has 1 aromatic rings. The first-order chi connectivity index (χ1) is 8.58. The van der Waals surface area contributed by atoms with Crippen LogP contribution in [0.25, 0.3) is 0 Å². The molecule has 1 rings (SSSR count). The lowest BCUT2D eigenvalue weighted by Crippen LogP contribution is -2.27. The van der Waals surface area contributed by atoms with Crippen LogP contribution in [0.15, 0.2) is 10.9 Å². The van der Waals surface area contributed by atoms with Crippen molar-refractivity contribution in [2.24, 2.45) is 0 Å². The van der Waals surface area contributed by atoms with E-state index in [2.05, 4.69) is 4.98 Å². The Morgan fingerprint density at radius 1 is 1.50 bits per heavy atom. The lowest BCUT2D eigenvalue weighted by atomic mass is 10.4. The Morgan fingerprint density at radius 3 is 2.83 bits per heavy atom. The van der Waals surface area contributed by atoms with Gasteiger partial charge in [-0.1, -0.05) is 13.3 Å². The van der Waals surface area contributed by atoms with Crippen molar-refractivity contribution in [1.82, 2.24) is 9.55 Å². The molecule has 0 aromatic carbocycles. The van der Waals surface area contributed by atoms with Crippen molar-refractivity contribution in [2.45, 2.75) is 33.2 Å². The molecule has 0 aliphatic rings. The molecular weight excluding hydrogens is 236 g/mol. The average Bonchev–Trinajstić information content (AvgIpc) is 2.32. The maximum absolute atomic E-state index is 11.7. The third-order valence-corrected chi connectivity index (χ3v) is 2.33. The summed E-state index contributed by atoms with van der Waals surface area (Å²) >= 11 is 0. The first kappa shape index (κ1) is 14.2. The molecule has 6 nitrogen and oxygen atoms in total. The summed E-state index contributed by atoms with van der Waals surface area (Å²) < 4.78 is 11.1. The molecule has 0 atom stereocenters. The Hall–Kier alpha value is -1.85. The van der Waals surface area contributed by atoms with E-state index in [1.807, 2.05) is 6.92 Å². The molecule has 18 heavy (non-hydrogen) atoms. The normalized spacial score (nSPS) is 10.2. The maximum Gasteiger partial charge on any atom is 0.326 e. The number of carbonyl (C=O) groups is 1. The van der Waals surface area contributed by atoms with Gasteiger partial charge >= 0.3 is 5.97 Å². The minimum Gasteiger partial charge on any atom is -0.468 e. The molecule has 0 spiro atoms. The van der Waals surface area contributed by atoms with Crippen molar-refractivity contribution in [1.29, 1.82) is 0 Å². The van der Waals surface area contributed by atoms with Crippen LogP contribution >= 0.6 is 0 Å². The highest BCUT2D eigenvalue weighted by atomic mass is 16.5. The third-order valence-electron chi connectivity index (χ3n) is 2.33. The van der Waals surface area contributed by atoms with E-state index in [1.54, 1.807) is 6.92 Å². The van der Waals surface area contributed by atoms with E-state index in [1.165, 1.54) is 13.2 Å². The summed E-state index contributed by atoms with van der Waals surface area (Å²) in [5.74, 6) is -0.463. The Labute approximate surface area is 106 Å². The van der Waals surface area contributed by atoms with Crippen LogP contribution in [0, 0.1) is 6.92 Å². The number of aromatic nitrogens is 2. The predicted molar refractivity (Wildman–Crippen MR) is 65.7 cm³/mol. The highest BCUT2D eigenvalue weighted by Gasteiger charge is 2.12. The molecule has 0 amide bonds. The smallest absolute Gasteiger partial charge is 0.326 e. The highest BCUT2D eigenvalue weighted by Crippen LogP contribution is 2.04. The summed E-state index contributed by atoms with van der Waals surface area (Å²) in [6.07, 6.45) is 1.76. The molecule has 100 valence electrons. The molecule has 0 fully saturated rings. The summed E-state index contributed by atoms with van der Waals surface area (Å²) in [6.45, 7) is 3.88. The lowest BCUT2D eigenvalue weighted by Gasteiger charge is -2.10. The second kappa shape index (κ2) is 6.78. The van der Waals surface area contributed by atoms with Gasteiger partial charge in [0.25, 0.3) is 11.6 Å². The number of methoxy groups -OCH3 is 1. The number of nitrogens with zero attached hydrogens (tertiary/aromatic N) is 2. The summed E-state index contributed by atoms with van der Waals surface area (Å²) in [5, 5.41) is 0. The molecule has 0 aliphatic carbocycles. The molecule has 1 heterocycles. The topological polar surface area (TPSA) is 70.4 Å². The van der Waals surface area contributed by atoms with Crippen molar-refractivity contribution in [2.75, 3.05) is 13.7 Å². The molecule has 0 N–H and O–H groups in total. The second-order valence-corrected chi connectivity index (χ2v) is 3.88. The molecule has 0 bridgehead atoms. The van der Waals surface area contributed by atoms with Gasteiger partial charge in [-0.05, 0) is 13.3 Å². The summed E-state index contributed by atoms with van der Waals surface area (Å²) in [6, 6.07) is 1.47. The zero-order chi connectivity index (χ0) is 13.5. The van der Waals surface area contributed by atoms with E-state index in [0.29, 0.717) is 12.3 Å². The van der Waals surface area contributed by atoms with Crippen LogP contribution in [0.3, 0.4) is 0 Å². The number of aryl methyl sites for hydroxylation is 1. The van der Waals surface area contributed by atoms with Gasteiger partial charge in [-0.2, -0.15) is 0 Å². The average molecular weight is 254 g/mol. The molecule has 0 saturated heterocycles. The number of unbranched alkanes of at least 4 members (excludes halogenated alkanes) is 1. The minimum absolute atomic E-state index is 0.118. The molecular formula is C12H18N2O4. The maximum atomic E-state index is 11.7. The van der Waals surface area contributed by atoms with Gasteiger partial charge in [-0.3, -0.25) is 14.2 Å². The Balaban J connectivity index is 2.77. The zero-order valence-corrected chi connectivity index (χ0v) is 10.9. The molecule has 6 heteroatoms. The van der Waals surface area contributed by atoms with Crippen molar-refractivity contribution < 1.29 is 14.3 Å². The number of rotatable bonds is 6. The standard InChI is InChI=1S/C12H18N2O4/c1-4-5-6-18-11(16)8-14-10(15)7-9(2)13-12(14)17-3/h7H,4-6,8H2,1-3H3. The molecule has 0 saturated carbocycles. The highest BCUT2D eigenvalue weighted by molar-refractivity contribution is 5.69. The van der Waals surface area contributed by atoms with Gasteiger partial charge in [0, 0.05) is 11.8 Å². The Morgan fingerprint density at radius 2 is 2.22 bits per heavy atom. The first-order valence-corrected chi connectivity index (χ1v) is 5.86. The molecule has 0 unspecified atom stereocenters. The fraction of sp³-hybridized carbons (Fsp3) is 0.583. The van der Waals surface area contributed by atoms with Gasteiger partial charge < -0.3 is 9.47 Å². The van der Waals surface area contributed by atoms with E-state index in [0.717, 1.165) is 17.4 Å². The summed E-state index contributed by atoms with van der Waals surface area (Å²) in [5.41, 5.74) is 0.222. The van der Waals surface area contributed by atoms with Crippen molar-refractivity contribution in [3.8, 4) is 6.01 Å². The van der Waals surface area contributed by atoms with Gasteiger partial charge in [0.15, 0.2) is 0 Å². The van der Waals surface area contributed by atoms with E-state index in [4.69, 9.17) is 9.47 Å². The van der Waals surface area contributed by atoms with Crippen LogP contribution < -0.4 is 10.3 Å². The lowest BCUT2D eigenvalue weighted by molar-refractivity contribution is -0.144. The SMILES string of the molecule is CCCCOC(=O)Cn1c(OC)nc(C)cc1=O. The zero-order valence-electron chi connectivity index (χ0n) is 10.9. The number of hydrogen-bond acceptors (Lipinski definition) is 5. The summed E-state index contributed by atoms with van der Waals surface area (Å²) in [4.78, 5) is 27.3. The fourth-order valence-corrected chi connectivity index (χ4v) is 1.40. The Kier molecular flexibility index (Phi) is 5.35. The van der Waals surface area contributed by atoms with E-state index in [-0.39, 0.29) is 18.1 Å². The second-order valence-electron chi connectivity index (χ2n) is 3.88. The van der Waals surface area contributed by atoms with Crippen LogP contribution in [0.4, 0.5) is 0 Å². The van der Waals surface area contributed by atoms with Gasteiger partial charge in [0.1, 0.15) is 6.54 Å². The van der Waals surface area contributed by atoms with Crippen molar-refractivity contribution in [3.05, 3.63) is 22.1 Å². The fourth-order valence-electron chi connectivity index (χ4n) is 1.40. The largest absolute Gasteiger partial charge is 0.468 e. The third kappa shape index (κ3) is 3.87. The number of esters is 1. The van der Waals surface area contributed by atoms with Crippen molar-refractivity contribution >= 4 is 5.97 Å². The van der Waals surface area contributed by atoms with Gasteiger partial charge in [0.2, 0.25) is 0 Å². The van der Waals surface area contributed by atoms with Crippen LogP contribution in [-0.2, 0) is 16.1 Å². The number of ether oxygens (including phenoxy) is 2. The van der Waals surface area contributed by atoms with Crippen LogP contribution in [-0.4, -0.2) is 29.2 Å². The molecule has 0 radical (unpaired) electrons. The summed E-state index contributed by atoms with van der Waals surface area (Å²) in [7, 11) is 1.40. The van der Waals surface area contributed by atoms with Gasteiger partial charge in [0.05, 0.1) is 13.7 Å². The first-order valence-electron chi connectivity index (χ1n) is 5.86. The number of carbonyl (C=O) groups excluding carboxylic acids is 1. The van der Waals surface area contributed by atoms with E-state index < -0.39 is 5.97 Å².